The second-order valence-corrected chi connectivity index (χ2v) is 4.70. The molecule has 0 aliphatic rings. The first kappa shape index (κ1) is 16.4. The number of nitrogens with one attached hydrogen (secondary N) is 1. The largest absolute Gasteiger partial charge is 0.480 e. The van der Waals surface area contributed by atoms with Crippen LogP contribution in [0.4, 0.5) is 0 Å². The smallest absolute Gasteiger partial charge is 0.260 e. The number of hydrogen-bond acceptors (Lipinski definition) is 4. The standard InChI is InChI=1S/C14H20N2O3S/c1-10(14(17)16-8-5-9-18-2)19-12-7-4-3-6-11(12)13(15)20/h3-4,6-7,10H,5,8-9H2,1-2H3,(H2,15,20)(H,16,17). The maximum Gasteiger partial charge on any atom is 0.260 e. The van der Waals surface area contributed by atoms with Crippen LogP contribution in [0.25, 0.3) is 0 Å². The van der Waals surface area contributed by atoms with Crippen LogP contribution in [0.5, 0.6) is 5.75 Å². The zero-order valence-corrected chi connectivity index (χ0v) is 12.5. The number of carbonyl (C=O) groups excluding carboxylic acids is 1. The van der Waals surface area contributed by atoms with Crippen LogP contribution in [0.3, 0.4) is 0 Å². The Morgan fingerprint density at radius 1 is 1.45 bits per heavy atom. The maximum atomic E-state index is 11.9. The molecule has 0 aliphatic heterocycles. The van der Waals surface area contributed by atoms with Crippen molar-refractivity contribution >= 4 is 23.1 Å². The molecule has 0 spiro atoms. The fraction of sp³-hybridized carbons (Fsp3) is 0.429. The molecule has 0 fully saturated rings. The highest BCUT2D eigenvalue weighted by Gasteiger charge is 2.16. The summed E-state index contributed by atoms with van der Waals surface area (Å²) in [5, 5.41) is 2.78. The van der Waals surface area contributed by atoms with Gasteiger partial charge in [0.05, 0.1) is 5.56 Å². The number of amides is 1. The summed E-state index contributed by atoms with van der Waals surface area (Å²) in [6, 6.07) is 7.13. The second-order valence-electron chi connectivity index (χ2n) is 4.26. The zero-order chi connectivity index (χ0) is 15.0. The summed E-state index contributed by atoms with van der Waals surface area (Å²) in [7, 11) is 1.63. The zero-order valence-electron chi connectivity index (χ0n) is 11.7. The SMILES string of the molecule is COCCCNC(=O)C(C)Oc1ccccc1C(N)=S. The molecule has 1 atom stereocenters. The van der Waals surface area contributed by atoms with E-state index in [1.54, 1.807) is 32.2 Å². The Balaban J connectivity index is 2.55. The first-order valence-electron chi connectivity index (χ1n) is 6.38. The van der Waals surface area contributed by atoms with Gasteiger partial charge in [-0.25, -0.2) is 0 Å². The van der Waals surface area contributed by atoms with Gasteiger partial charge in [0.25, 0.3) is 5.91 Å². The average Bonchev–Trinajstić information content (AvgIpc) is 2.43. The van der Waals surface area contributed by atoms with E-state index in [1.807, 2.05) is 6.07 Å². The topological polar surface area (TPSA) is 73.6 Å². The number of ether oxygens (including phenoxy) is 2. The quantitative estimate of drug-likeness (QED) is 0.558. The Hall–Kier alpha value is -1.66. The average molecular weight is 296 g/mol. The van der Waals surface area contributed by atoms with Gasteiger partial charge in [-0.2, -0.15) is 0 Å². The molecule has 0 saturated heterocycles. The highest BCUT2D eigenvalue weighted by molar-refractivity contribution is 7.80. The lowest BCUT2D eigenvalue weighted by Gasteiger charge is -2.16. The summed E-state index contributed by atoms with van der Waals surface area (Å²) >= 11 is 4.95. The monoisotopic (exact) mass is 296 g/mol. The highest BCUT2D eigenvalue weighted by Crippen LogP contribution is 2.19. The van der Waals surface area contributed by atoms with E-state index in [-0.39, 0.29) is 10.9 Å². The van der Waals surface area contributed by atoms with Gasteiger partial charge < -0.3 is 20.5 Å². The summed E-state index contributed by atoms with van der Waals surface area (Å²) in [5.41, 5.74) is 6.24. The molecular formula is C14H20N2O3S. The van der Waals surface area contributed by atoms with Crippen molar-refractivity contribution in [3.63, 3.8) is 0 Å². The number of methoxy groups -OCH3 is 1. The Labute approximate surface area is 124 Å². The Morgan fingerprint density at radius 2 is 2.15 bits per heavy atom. The third-order valence-corrected chi connectivity index (χ3v) is 2.87. The van der Waals surface area contributed by atoms with E-state index >= 15 is 0 Å². The van der Waals surface area contributed by atoms with E-state index in [9.17, 15) is 4.79 Å². The van der Waals surface area contributed by atoms with E-state index in [0.717, 1.165) is 6.42 Å². The molecule has 0 bridgehead atoms. The Bertz CT molecular complexity index is 465. The summed E-state index contributed by atoms with van der Waals surface area (Å²) in [4.78, 5) is 12.1. The second kappa shape index (κ2) is 8.50. The molecule has 20 heavy (non-hydrogen) atoms. The number of para-hydroxylation sites is 1. The van der Waals surface area contributed by atoms with Crippen molar-refractivity contribution in [1.29, 1.82) is 0 Å². The van der Waals surface area contributed by atoms with Crippen LogP contribution in [0, 0.1) is 0 Å². The van der Waals surface area contributed by atoms with Gasteiger partial charge in [-0.05, 0) is 25.5 Å². The molecule has 3 N–H and O–H groups in total. The predicted molar refractivity (Wildman–Crippen MR) is 81.9 cm³/mol. The molecule has 1 aromatic carbocycles. The first-order chi connectivity index (χ1) is 9.56. The van der Waals surface area contributed by atoms with E-state index in [2.05, 4.69) is 5.32 Å². The van der Waals surface area contributed by atoms with Crippen LogP contribution in [0.2, 0.25) is 0 Å². The number of benzene rings is 1. The van der Waals surface area contributed by atoms with E-state index in [1.165, 1.54) is 0 Å². The van der Waals surface area contributed by atoms with Gasteiger partial charge in [-0.15, -0.1) is 0 Å². The molecule has 1 amide bonds. The van der Waals surface area contributed by atoms with Crippen molar-refractivity contribution in [2.75, 3.05) is 20.3 Å². The number of thiocarbonyl (C=S) groups is 1. The lowest BCUT2D eigenvalue weighted by atomic mass is 10.2. The molecule has 1 unspecified atom stereocenters. The van der Waals surface area contributed by atoms with Crippen molar-refractivity contribution in [1.82, 2.24) is 5.32 Å². The molecule has 0 radical (unpaired) electrons. The molecule has 6 heteroatoms. The van der Waals surface area contributed by atoms with Crippen molar-refractivity contribution < 1.29 is 14.3 Å². The number of rotatable bonds is 8. The lowest BCUT2D eigenvalue weighted by Crippen LogP contribution is -2.37. The van der Waals surface area contributed by atoms with Crippen molar-refractivity contribution in [2.24, 2.45) is 5.73 Å². The normalized spacial score (nSPS) is 11.7. The van der Waals surface area contributed by atoms with Crippen LogP contribution in [0.1, 0.15) is 18.9 Å². The van der Waals surface area contributed by atoms with Gasteiger partial charge in [0.2, 0.25) is 0 Å². The number of hydrogen-bond donors (Lipinski definition) is 2. The summed E-state index contributed by atoms with van der Waals surface area (Å²) in [5.74, 6) is 0.332. The van der Waals surface area contributed by atoms with Gasteiger partial charge in [0.1, 0.15) is 10.7 Å². The molecule has 1 aromatic rings. The van der Waals surface area contributed by atoms with Crippen LogP contribution >= 0.6 is 12.2 Å². The molecule has 5 nitrogen and oxygen atoms in total. The van der Waals surface area contributed by atoms with E-state index < -0.39 is 6.10 Å². The van der Waals surface area contributed by atoms with E-state index in [0.29, 0.717) is 24.5 Å². The van der Waals surface area contributed by atoms with Gasteiger partial charge in [-0.3, -0.25) is 4.79 Å². The molecule has 110 valence electrons. The Kier molecular flexibility index (Phi) is 6.97. The summed E-state index contributed by atoms with van der Waals surface area (Å²) < 4.78 is 10.5. The minimum Gasteiger partial charge on any atom is -0.480 e. The lowest BCUT2D eigenvalue weighted by molar-refractivity contribution is -0.127. The third kappa shape index (κ3) is 5.14. The predicted octanol–water partition coefficient (Wildman–Crippen LogP) is 1.24. The number of nitrogens with two attached hydrogens (primary N) is 1. The van der Waals surface area contributed by atoms with Crippen LogP contribution in [-0.2, 0) is 9.53 Å². The minimum atomic E-state index is -0.618. The minimum absolute atomic E-state index is 0.182. The van der Waals surface area contributed by atoms with Crippen LogP contribution < -0.4 is 15.8 Å². The first-order valence-corrected chi connectivity index (χ1v) is 6.79. The van der Waals surface area contributed by atoms with Crippen LogP contribution in [-0.4, -0.2) is 37.3 Å². The molecule has 0 aliphatic carbocycles. The van der Waals surface area contributed by atoms with E-state index in [4.69, 9.17) is 27.4 Å². The molecule has 0 saturated carbocycles. The van der Waals surface area contributed by atoms with Gasteiger partial charge in [0, 0.05) is 20.3 Å². The summed E-state index contributed by atoms with van der Waals surface area (Å²) in [6.07, 6.45) is 0.145. The highest BCUT2D eigenvalue weighted by atomic mass is 32.1. The van der Waals surface area contributed by atoms with Gasteiger partial charge in [-0.1, -0.05) is 24.4 Å². The maximum absolute atomic E-state index is 11.9. The molecule has 0 heterocycles. The fourth-order valence-corrected chi connectivity index (χ4v) is 1.76. The molecular weight excluding hydrogens is 276 g/mol. The van der Waals surface area contributed by atoms with Crippen molar-refractivity contribution in [3.05, 3.63) is 29.8 Å². The summed E-state index contributed by atoms with van der Waals surface area (Å²) in [6.45, 7) is 2.85. The van der Waals surface area contributed by atoms with Crippen molar-refractivity contribution in [2.45, 2.75) is 19.4 Å². The molecule has 1 rings (SSSR count). The van der Waals surface area contributed by atoms with Gasteiger partial charge >= 0.3 is 0 Å². The fourth-order valence-electron chi connectivity index (χ4n) is 1.59. The Morgan fingerprint density at radius 3 is 2.80 bits per heavy atom. The van der Waals surface area contributed by atoms with Crippen molar-refractivity contribution in [3.8, 4) is 5.75 Å². The number of carbonyl (C=O) groups is 1. The molecule has 0 aromatic heterocycles. The third-order valence-electron chi connectivity index (χ3n) is 2.65. The van der Waals surface area contributed by atoms with Gasteiger partial charge in [0.15, 0.2) is 6.10 Å². The van der Waals surface area contributed by atoms with Crippen LogP contribution in [0.15, 0.2) is 24.3 Å².